The van der Waals surface area contributed by atoms with Gasteiger partial charge in [0.25, 0.3) is 6.43 Å². The number of hydrogen-bond donors (Lipinski definition) is 1. The number of rotatable bonds is 3. The molecule has 0 spiro atoms. The summed E-state index contributed by atoms with van der Waals surface area (Å²) in [5.41, 5.74) is 2.23. The summed E-state index contributed by atoms with van der Waals surface area (Å²) in [5.74, 6) is -1.01. The number of aryl methyl sites for hydroxylation is 1. The summed E-state index contributed by atoms with van der Waals surface area (Å²) in [4.78, 5) is 11.3. The summed E-state index contributed by atoms with van der Waals surface area (Å²) in [6.45, 7) is 0. The molecule has 0 radical (unpaired) electrons. The molecule has 2 aromatic heterocycles. The van der Waals surface area contributed by atoms with Gasteiger partial charge in [-0.15, -0.1) is 0 Å². The number of halogens is 2. The van der Waals surface area contributed by atoms with E-state index in [0.29, 0.717) is 11.3 Å². The number of nitrogens with zero attached hydrogens (tertiary/aromatic N) is 3. The molecular weight excluding hydrogens is 328 g/mol. The largest absolute Gasteiger partial charge is 0.478 e. The highest BCUT2D eigenvalue weighted by atomic mass is 19.3. The first kappa shape index (κ1) is 15.3. The first-order valence-electron chi connectivity index (χ1n) is 7.55. The van der Waals surface area contributed by atoms with E-state index in [1.165, 1.54) is 18.2 Å². The van der Waals surface area contributed by atoms with Crippen LogP contribution in [0.3, 0.4) is 0 Å². The SMILES string of the molecule is Cn1cc2c3cc(C(=O)O)ccc3n(-c3ccc(C(F)F)cc3)c2n1. The lowest BCUT2D eigenvalue weighted by molar-refractivity contribution is 0.0697. The zero-order valence-electron chi connectivity index (χ0n) is 13.1. The van der Waals surface area contributed by atoms with Gasteiger partial charge in [-0.1, -0.05) is 12.1 Å². The van der Waals surface area contributed by atoms with Crippen LogP contribution in [-0.2, 0) is 7.05 Å². The minimum absolute atomic E-state index is 0.0503. The molecular formula is C18H13F2N3O2. The first-order valence-corrected chi connectivity index (χ1v) is 7.55. The Morgan fingerprint density at radius 2 is 1.84 bits per heavy atom. The monoisotopic (exact) mass is 341 g/mol. The molecule has 2 heterocycles. The number of carboxylic acid groups (broad SMARTS) is 1. The lowest BCUT2D eigenvalue weighted by Crippen LogP contribution is -1.99. The second-order valence-corrected chi connectivity index (χ2v) is 5.80. The quantitative estimate of drug-likeness (QED) is 0.609. The van der Waals surface area contributed by atoms with E-state index in [1.54, 1.807) is 36.0 Å². The molecule has 0 amide bonds. The van der Waals surface area contributed by atoms with Gasteiger partial charge in [-0.25, -0.2) is 13.6 Å². The number of carbonyl (C=O) groups is 1. The van der Waals surface area contributed by atoms with Crippen LogP contribution in [0.1, 0.15) is 22.3 Å². The van der Waals surface area contributed by atoms with Crippen LogP contribution in [0.25, 0.3) is 27.6 Å². The summed E-state index contributed by atoms with van der Waals surface area (Å²) in [7, 11) is 1.77. The van der Waals surface area contributed by atoms with Crippen LogP contribution in [0.15, 0.2) is 48.7 Å². The molecule has 0 aliphatic carbocycles. The van der Waals surface area contributed by atoms with Gasteiger partial charge in [0.1, 0.15) is 0 Å². The van der Waals surface area contributed by atoms with Gasteiger partial charge in [-0.2, -0.15) is 5.10 Å². The Bertz CT molecular complexity index is 1110. The molecule has 25 heavy (non-hydrogen) atoms. The number of fused-ring (bicyclic) bond motifs is 3. The van der Waals surface area contributed by atoms with E-state index in [2.05, 4.69) is 5.10 Å². The molecule has 0 unspecified atom stereocenters. The minimum atomic E-state index is -2.52. The van der Waals surface area contributed by atoms with E-state index in [0.717, 1.165) is 16.3 Å². The number of alkyl halides is 2. The number of aromatic nitrogens is 3. The van der Waals surface area contributed by atoms with Crippen molar-refractivity contribution in [1.29, 1.82) is 0 Å². The fourth-order valence-corrected chi connectivity index (χ4v) is 3.06. The molecule has 4 rings (SSSR count). The van der Waals surface area contributed by atoms with E-state index in [4.69, 9.17) is 0 Å². The van der Waals surface area contributed by atoms with Gasteiger partial charge in [0.2, 0.25) is 0 Å². The predicted molar refractivity (Wildman–Crippen MR) is 89.5 cm³/mol. The van der Waals surface area contributed by atoms with Crippen LogP contribution in [0.4, 0.5) is 8.78 Å². The van der Waals surface area contributed by atoms with Gasteiger partial charge >= 0.3 is 5.97 Å². The van der Waals surface area contributed by atoms with Crippen molar-refractivity contribution in [2.24, 2.45) is 7.05 Å². The fourth-order valence-electron chi connectivity index (χ4n) is 3.06. The third kappa shape index (κ3) is 2.36. The average molecular weight is 341 g/mol. The molecule has 126 valence electrons. The zero-order chi connectivity index (χ0) is 17.7. The minimum Gasteiger partial charge on any atom is -0.478 e. The maximum Gasteiger partial charge on any atom is 0.335 e. The molecule has 5 nitrogen and oxygen atoms in total. The summed E-state index contributed by atoms with van der Waals surface area (Å²) < 4.78 is 29.1. The molecule has 1 N–H and O–H groups in total. The molecule has 0 fully saturated rings. The van der Waals surface area contributed by atoms with Crippen LogP contribution < -0.4 is 0 Å². The third-order valence-electron chi connectivity index (χ3n) is 4.20. The topological polar surface area (TPSA) is 60.1 Å². The Morgan fingerprint density at radius 1 is 1.12 bits per heavy atom. The van der Waals surface area contributed by atoms with Crippen LogP contribution >= 0.6 is 0 Å². The third-order valence-corrected chi connectivity index (χ3v) is 4.20. The lowest BCUT2D eigenvalue weighted by Gasteiger charge is -2.08. The number of benzene rings is 2. The molecule has 0 bridgehead atoms. The van der Waals surface area contributed by atoms with Crippen LogP contribution in [-0.4, -0.2) is 25.4 Å². The molecule has 4 aromatic rings. The van der Waals surface area contributed by atoms with E-state index >= 15 is 0 Å². The van der Waals surface area contributed by atoms with Crippen molar-refractivity contribution in [3.05, 3.63) is 59.8 Å². The average Bonchev–Trinajstić information content (AvgIpc) is 3.09. The second kappa shape index (κ2) is 5.41. The molecule has 2 aromatic carbocycles. The predicted octanol–water partition coefficient (Wildman–Crippen LogP) is 4.15. The van der Waals surface area contributed by atoms with E-state index in [9.17, 15) is 18.7 Å². The standard InChI is InChI=1S/C18H13F2N3O2/c1-22-9-14-13-8-11(18(24)25)4-7-15(13)23(17(14)21-22)12-5-2-10(3-6-12)16(19)20/h2-9,16H,1H3,(H,24,25). The molecule has 0 aliphatic rings. The summed E-state index contributed by atoms with van der Waals surface area (Å²) in [6.07, 6.45) is -0.712. The Balaban J connectivity index is 2.02. The van der Waals surface area contributed by atoms with Gasteiger partial charge < -0.3 is 5.11 Å². The number of aromatic carboxylic acids is 1. The van der Waals surface area contributed by atoms with Crippen LogP contribution in [0.5, 0.6) is 0 Å². The molecule has 0 atom stereocenters. The van der Waals surface area contributed by atoms with Crippen molar-refractivity contribution in [2.45, 2.75) is 6.43 Å². The maximum atomic E-state index is 12.8. The Labute approximate surface area is 140 Å². The van der Waals surface area contributed by atoms with Gasteiger partial charge in [0.05, 0.1) is 11.1 Å². The van der Waals surface area contributed by atoms with Gasteiger partial charge in [-0.3, -0.25) is 9.25 Å². The Morgan fingerprint density at radius 3 is 2.48 bits per heavy atom. The Kier molecular flexibility index (Phi) is 3.31. The number of carboxylic acids is 1. The van der Waals surface area contributed by atoms with Crippen molar-refractivity contribution in [3.8, 4) is 5.69 Å². The highest BCUT2D eigenvalue weighted by molar-refractivity contribution is 6.09. The second-order valence-electron chi connectivity index (χ2n) is 5.80. The van der Waals surface area contributed by atoms with Crippen LogP contribution in [0, 0.1) is 0 Å². The molecule has 0 saturated heterocycles. The lowest BCUT2D eigenvalue weighted by atomic mass is 10.1. The van der Waals surface area contributed by atoms with Crippen molar-refractivity contribution in [2.75, 3.05) is 0 Å². The highest BCUT2D eigenvalue weighted by Gasteiger charge is 2.17. The van der Waals surface area contributed by atoms with E-state index in [1.807, 2.05) is 10.8 Å². The Hall–Kier alpha value is -3.22. The highest BCUT2D eigenvalue weighted by Crippen LogP contribution is 2.32. The maximum absolute atomic E-state index is 12.8. The molecule has 0 saturated carbocycles. The first-order chi connectivity index (χ1) is 12.0. The van der Waals surface area contributed by atoms with Crippen molar-refractivity contribution in [1.82, 2.24) is 14.3 Å². The van der Waals surface area contributed by atoms with E-state index < -0.39 is 12.4 Å². The smallest absolute Gasteiger partial charge is 0.335 e. The zero-order valence-corrected chi connectivity index (χ0v) is 13.1. The van der Waals surface area contributed by atoms with Crippen LogP contribution in [0.2, 0.25) is 0 Å². The van der Waals surface area contributed by atoms with E-state index in [-0.39, 0.29) is 11.1 Å². The number of hydrogen-bond acceptors (Lipinski definition) is 2. The fraction of sp³-hybridized carbons (Fsp3) is 0.111. The van der Waals surface area contributed by atoms with Crippen molar-refractivity contribution >= 4 is 27.9 Å². The van der Waals surface area contributed by atoms with Gasteiger partial charge in [-0.05, 0) is 30.3 Å². The summed E-state index contributed by atoms with van der Waals surface area (Å²) in [5, 5.41) is 15.2. The van der Waals surface area contributed by atoms with Crippen molar-refractivity contribution < 1.29 is 18.7 Å². The molecule has 0 aliphatic heterocycles. The summed E-state index contributed by atoms with van der Waals surface area (Å²) >= 11 is 0. The van der Waals surface area contributed by atoms with Gasteiger partial charge in [0.15, 0.2) is 5.65 Å². The van der Waals surface area contributed by atoms with Crippen molar-refractivity contribution in [3.63, 3.8) is 0 Å². The normalized spacial score (nSPS) is 11.7. The molecule has 7 heteroatoms. The van der Waals surface area contributed by atoms with Gasteiger partial charge in [0, 0.05) is 35.3 Å². The summed E-state index contributed by atoms with van der Waals surface area (Å²) in [6, 6.07) is 10.8.